The molecule has 0 saturated carbocycles. The average Bonchev–Trinajstić information content (AvgIpc) is 3.32. The number of nitrogens with zero attached hydrogens (tertiary/aromatic N) is 2. The average molecular weight is 395 g/mol. The fraction of sp³-hybridized carbons (Fsp3) is 0.150. The lowest BCUT2D eigenvalue weighted by molar-refractivity contribution is 0.0998. The van der Waals surface area contributed by atoms with Gasteiger partial charge in [-0.3, -0.25) is 4.79 Å². The number of amides is 1. The predicted octanol–water partition coefficient (Wildman–Crippen LogP) is 3.15. The second-order valence-corrected chi connectivity index (χ2v) is 6.22. The highest BCUT2D eigenvalue weighted by Gasteiger charge is 2.15. The number of anilines is 1. The van der Waals surface area contributed by atoms with E-state index in [1.807, 2.05) is 0 Å². The van der Waals surface area contributed by atoms with Gasteiger partial charge in [-0.1, -0.05) is 5.10 Å². The summed E-state index contributed by atoms with van der Waals surface area (Å²) in [5.41, 5.74) is 2.36. The minimum Gasteiger partial charge on any atom is -0.497 e. The minimum absolute atomic E-state index is 0.133. The van der Waals surface area contributed by atoms with E-state index in [0.29, 0.717) is 22.7 Å². The molecule has 1 N–H and O–H groups in total. The number of benzene rings is 2. The molecule has 9 heteroatoms. The Hall–Kier alpha value is -4.01. The van der Waals surface area contributed by atoms with E-state index in [1.54, 1.807) is 56.5 Å². The molecular weight excluding hydrogens is 378 g/mol. The van der Waals surface area contributed by atoms with E-state index in [9.17, 15) is 9.59 Å². The van der Waals surface area contributed by atoms with Crippen LogP contribution in [0.2, 0.25) is 0 Å². The number of aromatic nitrogens is 2. The first-order valence-corrected chi connectivity index (χ1v) is 8.62. The van der Waals surface area contributed by atoms with Crippen molar-refractivity contribution in [3.63, 3.8) is 0 Å². The van der Waals surface area contributed by atoms with Gasteiger partial charge in [0.25, 0.3) is 5.91 Å². The van der Waals surface area contributed by atoms with Crippen molar-refractivity contribution in [2.45, 2.75) is 6.92 Å². The number of carbonyl (C=O) groups is 1. The molecule has 0 unspecified atom stereocenters. The van der Waals surface area contributed by atoms with E-state index in [0.717, 1.165) is 15.6 Å². The van der Waals surface area contributed by atoms with Gasteiger partial charge in [0, 0.05) is 11.1 Å². The summed E-state index contributed by atoms with van der Waals surface area (Å²) < 4.78 is 21.5. The molecule has 0 aliphatic rings. The monoisotopic (exact) mass is 395 g/mol. The Balaban J connectivity index is 1.58. The number of rotatable bonds is 5. The molecule has 0 aliphatic heterocycles. The van der Waals surface area contributed by atoms with Crippen LogP contribution < -0.4 is 20.5 Å². The Labute approximate surface area is 164 Å². The molecule has 0 aliphatic carbocycles. The molecule has 29 heavy (non-hydrogen) atoms. The lowest BCUT2D eigenvalue weighted by Gasteiger charge is -2.08. The third kappa shape index (κ3) is 3.45. The first kappa shape index (κ1) is 18.4. The Morgan fingerprint density at radius 1 is 1.07 bits per heavy atom. The maximum atomic E-state index is 12.6. The van der Waals surface area contributed by atoms with Gasteiger partial charge in [0.2, 0.25) is 0 Å². The van der Waals surface area contributed by atoms with Crippen LogP contribution in [0.25, 0.3) is 16.7 Å². The summed E-state index contributed by atoms with van der Waals surface area (Å²) in [5, 5.41) is 7.49. The number of aryl methyl sites for hydroxylation is 1. The zero-order chi connectivity index (χ0) is 20.5. The molecular formula is C20H17N3O6. The van der Waals surface area contributed by atoms with Crippen LogP contribution in [0.4, 0.5) is 5.69 Å². The Morgan fingerprint density at radius 2 is 1.90 bits per heavy atom. The molecule has 0 bridgehead atoms. The maximum Gasteiger partial charge on any atom is 0.444 e. The van der Waals surface area contributed by atoms with Gasteiger partial charge in [-0.2, -0.15) is 4.68 Å². The van der Waals surface area contributed by atoms with Gasteiger partial charge in [-0.15, -0.1) is 0 Å². The van der Waals surface area contributed by atoms with Crippen LogP contribution in [0, 0.1) is 6.92 Å². The summed E-state index contributed by atoms with van der Waals surface area (Å²) in [6.07, 6.45) is -0.133. The molecule has 2 heterocycles. The van der Waals surface area contributed by atoms with Crippen molar-refractivity contribution in [1.82, 2.24) is 9.78 Å². The number of fused-ring (bicyclic) bond motifs is 1. The standard InChI is InChI=1S/C20H17N3O6/c1-11-8-13(23-20(25)29-19(22-23)27-3)4-6-15(11)21-18(24)17-10-12-9-14(26-2)5-7-16(12)28-17/h4-10H,1-3H3,(H,21,24). The van der Waals surface area contributed by atoms with Gasteiger partial charge >= 0.3 is 11.8 Å². The molecule has 0 fully saturated rings. The molecule has 4 aromatic rings. The highest BCUT2D eigenvalue weighted by atomic mass is 16.6. The van der Waals surface area contributed by atoms with E-state index in [-0.39, 0.29) is 11.8 Å². The number of hydrogen-bond donors (Lipinski definition) is 1. The van der Waals surface area contributed by atoms with E-state index in [1.165, 1.54) is 7.11 Å². The lowest BCUT2D eigenvalue weighted by atomic mass is 10.1. The van der Waals surface area contributed by atoms with Gasteiger partial charge in [-0.05, 0) is 55.0 Å². The van der Waals surface area contributed by atoms with Crippen LogP contribution in [0.5, 0.6) is 11.8 Å². The van der Waals surface area contributed by atoms with Crippen molar-refractivity contribution in [3.8, 4) is 17.5 Å². The first-order chi connectivity index (χ1) is 14.0. The Bertz CT molecular complexity index is 1270. The molecule has 9 nitrogen and oxygen atoms in total. The predicted molar refractivity (Wildman–Crippen MR) is 104 cm³/mol. The van der Waals surface area contributed by atoms with Gasteiger partial charge in [0.1, 0.15) is 11.3 Å². The summed E-state index contributed by atoms with van der Waals surface area (Å²) in [6.45, 7) is 1.80. The lowest BCUT2D eigenvalue weighted by Crippen LogP contribution is -2.15. The number of carbonyl (C=O) groups excluding carboxylic acids is 1. The maximum absolute atomic E-state index is 12.6. The zero-order valence-electron chi connectivity index (χ0n) is 15.9. The molecule has 4 rings (SSSR count). The summed E-state index contributed by atoms with van der Waals surface area (Å²) in [6, 6.07) is 11.9. The quantitative estimate of drug-likeness (QED) is 0.553. The fourth-order valence-electron chi connectivity index (χ4n) is 2.87. The van der Waals surface area contributed by atoms with E-state index >= 15 is 0 Å². The summed E-state index contributed by atoms with van der Waals surface area (Å²) in [5.74, 6) is -0.211. The molecule has 0 atom stereocenters. The van der Waals surface area contributed by atoms with Crippen molar-refractivity contribution >= 4 is 22.6 Å². The van der Waals surface area contributed by atoms with Crippen LogP contribution >= 0.6 is 0 Å². The van der Waals surface area contributed by atoms with Crippen LogP contribution in [0.3, 0.4) is 0 Å². The molecule has 2 aromatic carbocycles. The van der Waals surface area contributed by atoms with E-state index in [2.05, 4.69) is 10.4 Å². The highest BCUT2D eigenvalue weighted by Crippen LogP contribution is 2.25. The van der Waals surface area contributed by atoms with Crippen LogP contribution in [-0.2, 0) is 0 Å². The smallest absolute Gasteiger partial charge is 0.444 e. The largest absolute Gasteiger partial charge is 0.497 e. The van der Waals surface area contributed by atoms with Crippen molar-refractivity contribution in [2.24, 2.45) is 0 Å². The second kappa shape index (κ2) is 7.19. The van der Waals surface area contributed by atoms with Crippen molar-refractivity contribution in [1.29, 1.82) is 0 Å². The van der Waals surface area contributed by atoms with Gasteiger partial charge in [0.05, 0.1) is 19.9 Å². The van der Waals surface area contributed by atoms with Gasteiger partial charge < -0.3 is 23.6 Å². The van der Waals surface area contributed by atoms with Crippen LogP contribution in [-0.4, -0.2) is 29.9 Å². The fourth-order valence-corrected chi connectivity index (χ4v) is 2.87. The zero-order valence-corrected chi connectivity index (χ0v) is 15.9. The number of ether oxygens (including phenoxy) is 2. The van der Waals surface area contributed by atoms with Gasteiger partial charge in [0.15, 0.2) is 5.76 Å². The normalized spacial score (nSPS) is 10.9. The van der Waals surface area contributed by atoms with Crippen molar-refractivity contribution in [3.05, 3.63) is 64.3 Å². The Morgan fingerprint density at radius 3 is 2.59 bits per heavy atom. The van der Waals surface area contributed by atoms with Gasteiger partial charge in [-0.25, -0.2) is 4.79 Å². The summed E-state index contributed by atoms with van der Waals surface area (Å²) in [4.78, 5) is 24.5. The highest BCUT2D eigenvalue weighted by molar-refractivity contribution is 6.05. The summed E-state index contributed by atoms with van der Waals surface area (Å²) >= 11 is 0. The SMILES string of the molecule is COc1ccc2oc(C(=O)Nc3ccc(-n4nc(OC)oc4=O)cc3C)cc2c1. The van der Waals surface area contributed by atoms with Crippen molar-refractivity contribution in [2.75, 3.05) is 19.5 Å². The topological polar surface area (TPSA) is 109 Å². The van der Waals surface area contributed by atoms with Crippen LogP contribution in [0.15, 0.2) is 56.1 Å². The molecule has 0 spiro atoms. The molecule has 0 radical (unpaired) electrons. The third-order valence-corrected chi connectivity index (χ3v) is 4.35. The number of furan rings is 1. The molecule has 0 saturated heterocycles. The number of hydrogen-bond acceptors (Lipinski definition) is 7. The summed E-state index contributed by atoms with van der Waals surface area (Å²) in [7, 11) is 2.93. The number of methoxy groups -OCH3 is 2. The van der Waals surface area contributed by atoms with E-state index < -0.39 is 11.7 Å². The second-order valence-electron chi connectivity index (χ2n) is 6.22. The van der Waals surface area contributed by atoms with Crippen molar-refractivity contribution < 1.29 is 23.1 Å². The molecule has 2 aromatic heterocycles. The first-order valence-electron chi connectivity index (χ1n) is 8.62. The van der Waals surface area contributed by atoms with E-state index in [4.69, 9.17) is 18.3 Å². The Kier molecular flexibility index (Phi) is 4.55. The number of nitrogens with one attached hydrogen (secondary N) is 1. The molecule has 148 valence electrons. The molecule has 1 amide bonds. The minimum atomic E-state index is -0.671. The third-order valence-electron chi connectivity index (χ3n) is 4.35. The van der Waals surface area contributed by atoms with Crippen LogP contribution in [0.1, 0.15) is 16.1 Å².